The van der Waals surface area contributed by atoms with E-state index < -0.39 is 23.1 Å². The summed E-state index contributed by atoms with van der Waals surface area (Å²) in [7, 11) is 3.47. The van der Waals surface area contributed by atoms with Crippen molar-refractivity contribution in [2.75, 3.05) is 32.0 Å². The molecule has 6 nitrogen and oxygen atoms in total. The minimum atomic E-state index is -4.58. The van der Waals surface area contributed by atoms with Gasteiger partial charge >= 0.3 is 6.18 Å². The summed E-state index contributed by atoms with van der Waals surface area (Å²) in [6, 6.07) is 12.5. The van der Waals surface area contributed by atoms with Gasteiger partial charge in [0.2, 0.25) is 4.21 Å². The van der Waals surface area contributed by atoms with Gasteiger partial charge in [-0.3, -0.25) is 0 Å². The molecule has 0 amide bonds. The van der Waals surface area contributed by atoms with Gasteiger partial charge in [-0.15, -0.1) is 0 Å². The van der Waals surface area contributed by atoms with Crippen molar-refractivity contribution in [3.8, 4) is 21.9 Å². The summed E-state index contributed by atoms with van der Waals surface area (Å²) in [5.74, 6) is 0.336. The second-order valence-electron chi connectivity index (χ2n) is 9.28. The maximum Gasteiger partial charge on any atom is 0.419 e. The SMILES string of the molecule is COc1ccc(-c2sc([S+]([O-])Nc3ccc(C(F)(F)F)c(O[C@@H]4CCN(C)C4)c3)cc2Cl)c2ccc(C)nc12. The number of aromatic nitrogens is 1. The zero-order valence-corrected chi connectivity index (χ0v) is 23.7. The van der Waals surface area contributed by atoms with E-state index in [0.29, 0.717) is 38.3 Å². The number of pyridine rings is 1. The molecule has 1 N–H and O–H groups in total. The molecule has 2 aromatic heterocycles. The van der Waals surface area contributed by atoms with Gasteiger partial charge < -0.3 is 18.9 Å². The summed E-state index contributed by atoms with van der Waals surface area (Å²) in [5, 5.41) is 1.23. The molecular weight excluding hydrogens is 571 g/mol. The molecule has 0 spiro atoms. The van der Waals surface area contributed by atoms with Gasteiger partial charge in [0.1, 0.15) is 34.5 Å². The first-order chi connectivity index (χ1) is 18.5. The number of rotatable bonds is 7. The number of likely N-dealkylation sites (tertiary alicyclic amines) is 1. The van der Waals surface area contributed by atoms with Crippen molar-refractivity contribution < 1.29 is 27.2 Å². The van der Waals surface area contributed by atoms with Crippen LogP contribution < -0.4 is 14.2 Å². The number of alkyl halides is 3. The molecule has 1 unspecified atom stereocenters. The van der Waals surface area contributed by atoms with E-state index in [1.165, 1.54) is 23.5 Å². The number of fused-ring (bicyclic) bond motifs is 1. The fraction of sp³-hybridized carbons (Fsp3) is 0.296. The van der Waals surface area contributed by atoms with Crippen LogP contribution in [0.2, 0.25) is 5.02 Å². The van der Waals surface area contributed by atoms with Gasteiger partial charge in [-0.1, -0.05) is 29.0 Å². The van der Waals surface area contributed by atoms with E-state index in [4.69, 9.17) is 21.1 Å². The molecule has 5 rings (SSSR count). The maximum absolute atomic E-state index is 13.7. The molecule has 1 saturated heterocycles. The number of anilines is 1. The zero-order chi connectivity index (χ0) is 27.9. The van der Waals surface area contributed by atoms with Crippen molar-refractivity contribution in [3.05, 3.63) is 64.8 Å². The van der Waals surface area contributed by atoms with Gasteiger partial charge in [-0.25, -0.2) is 9.71 Å². The number of hydrogen-bond donors (Lipinski definition) is 1. The van der Waals surface area contributed by atoms with Crippen molar-refractivity contribution in [1.82, 2.24) is 9.88 Å². The second kappa shape index (κ2) is 11.1. The summed E-state index contributed by atoms with van der Waals surface area (Å²) in [4.78, 5) is 7.30. The average Bonchev–Trinajstić information content (AvgIpc) is 3.47. The van der Waals surface area contributed by atoms with Gasteiger partial charge in [0, 0.05) is 41.9 Å². The molecule has 1 aliphatic heterocycles. The van der Waals surface area contributed by atoms with Crippen LogP contribution in [0.5, 0.6) is 11.5 Å². The molecule has 0 bridgehead atoms. The largest absolute Gasteiger partial charge is 0.587 e. The number of aryl methyl sites for hydroxylation is 1. The van der Waals surface area contributed by atoms with E-state index in [9.17, 15) is 17.7 Å². The number of ether oxygens (including phenoxy) is 2. The highest BCUT2D eigenvalue weighted by Gasteiger charge is 2.36. The number of methoxy groups -OCH3 is 1. The van der Waals surface area contributed by atoms with Gasteiger partial charge in [0.25, 0.3) is 0 Å². The Kier molecular flexibility index (Phi) is 7.89. The zero-order valence-electron chi connectivity index (χ0n) is 21.3. The first-order valence-corrected chi connectivity index (χ1v) is 14.4. The third kappa shape index (κ3) is 5.92. The van der Waals surface area contributed by atoms with E-state index in [1.807, 2.05) is 37.1 Å². The van der Waals surface area contributed by atoms with Crippen LogP contribution in [-0.4, -0.2) is 47.8 Å². The van der Waals surface area contributed by atoms with Gasteiger partial charge in [0.15, 0.2) is 0 Å². The molecule has 0 radical (unpaired) electrons. The van der Waals surface area contributed by atoms with Crippen molar-refractivity contribution in [1.29, 1.82) is 0 Å². The molecule has 0 saturated carbocycles. The monoisotopic (exact) mass is 595 g/mol. The number of halogens is 4. The Labute approximate surface area is 236 Å². The van der Waals surface area contributed by atoms with Gasteiger partial charge in [0.05, 0.1) is 28.3 Å². The lowest BCUT2D eigenvalue weighted by atomic mass is 10.1. The molecule has 12 heteroatoms. The fourth-order valence-electron chi connectivity index (χ4n) is 4.52. The Morgan fingerprint density at radius 3 is 2.64 bits per heavy atom. The van der Waals surface area contributed by atoms with Crippen LogP contribution in [0.3, 0.4) is 0 Å². The normalized spacial score (nSPS) is 17.0. The van der Waals surface area contributed by atoms with Crippen molar-refractivity contribution >= 4 is 50.9 Å². The van der Waals surface area contributed by atoms with Crippen LogP contribution >= 0.6 is 22.9 Å². The Morgan fingerprint density at radius 2 is 1.95 bits per heavy atom. The maximum atomic E-state index is 13.7. The predicted octanol–water partition coefficient (Wildman–Crippen LogP) is 7.17. The molecule has 4 aromatic rings. The number of nitrogens with zero attached hydrogens (tertiary/aromatic N) is 2. The van der Waals surface area contributed by atoms with Gasteiger partial charge in [-0.05, 0) is 50.7 Å². The van der Waals surface area contributed by atoms with Crippen molar-refractivity contribution in [2.45, 2.75) is 29.8 Å². The third-order valence-corrected chi connectivity index (χ3v) is 9.39. The highest BCUT2D eigenvalue weighted by atomic mass is 35.5. The lowest BCUT2D eigenvalue weighted by molar-refractivity contribution is -0.139. The lowest BCUT2D eigenvalue weighted by Crippen LogP contribution is -2.23. The molecule has 1 aliphatic rings. The van der Waals surface area contributed by atoms with Gasteiger partial charge in [-0.2, -0.15) is 13.2 Å². The van der Waals surface area contributed by atoms with E-state index >= 15 is 0 Å². The summed E-state index contributed by atoms with van der Waals surface area (Å²) >= 11 is 6.03. The average molecular weight is 596 g/mol. The predicted molar refractivity (Wildman–Crippen MR) is 149 cm³/mol. The number of benzene rings is 2. The molecule has 1 fully saturated rings. The van der Waals surface area contributed by atoms with E-state index in [2.05, 4.69) is 9.71 Å². The van der Waals surface area contributed by atoms with E-state index in [0.717, 1.165) is 29.3 Å². The molecule has 2 atom stereocenters. The van der Waals surface area contributed by atoms with Crippen LogP contribution in [0.4, 0.5) is 18.9 Å². The Bertz CT molecular complexity index is 1520. The number of thiophene rings is 1. The number of nitrogens with one attached hydrogen (secondary N) is 1. The minimum absolute atomic E-state index is 0.239. The highest BCUT2D eigenvalue weighted by molar-refractivity contribution is 7.94. The summed E-state index contributed by atoms with van der Waals surface area (Å²) < 4.78 is 68.6. The number of likely N-dealkylation sites (N-methyl/N-ethyl adjacent to an activating group) is 1. The molecule has 39 heavy (non-hydrogen) atoms. The van der Waals surface area contributed by atoms with Crippen LogP contribution in [0, 0.1) is 6.92 Å². The number of hydrogen-bond acceptors (Lipinski definition) is 7. The topological polar surface area (TPSA) is 69.7 Å². The van der Waals surface area contributed by atoms with Crippen LogP contribution in [0.15, 0.2) is 52.7 Å². The molecular formula is C27H25ClF3N3O3S2. The lowest BCUT2D eigenvalue weighted by Gasteiger charge is -2.19. The highest BCUT2D eigenvalue weighted by Crippen LogP contribution is 2.44. The van der Waals surface area contributed by atoms with Crippen molar-refractivity contribution in [3.63, 3.8) is 0 Å². The minimum Gasteiger partial charge on any atom is -0.587 e. The fourth-order valence-corrected chi connectivity index (χ4v) is 7.14. The standard InChI is InChI=1S/C27H25ClF3N3O3S2/c1-15-4-6-18-19(7-9-22(36-3)25(18)32-15)26-21(28)13-24(38-26)39(35)33-16-5-8-20(27(29,30)31)23(12-16)37-17-10-11-34(2)14-17/h4-9,12-13,17,33H,10-11,14H2,1-3H3/t17-,39?/m1/s1. The van der Waals surface area contributed by atoms with Crippen LogP contribution in [-0.2, 0) is 17.5 Å². The Balaban J connectivity index is 1.43. The molecule has 2 aromatic carbocycles. The molecule has 206 valence electrons. The Hall–Kier alpha value is -2.70. The molecule has 3 heterocycles. The first-order valence-electron chi connectivity index (χ1n) is 12.0. The van der Waals surface area contributed by atoms with E-state index in [1.54, 1.807) is 19.2 Å². The van der Waals surface area contributed by atoms with Crippen molar-refractivity contribution in [2.24, 2.45) is 0 Å². The summed E-state index contributed by atoms with van der Waals surface area (Å²) in [6.45, 7) is 3.17. The summed E-state index contributed by atoms with van der Waals surface area (Å²) in [6.07, 6.45) is -4.31. The third-order valence-electron chi connectivity index (χ3n) is 6.41. The van der Waals surface area contributed by atoms with Crippen LogP contribution in [0.1, 0.15) is 17.7 Å². The van der Waals surface area contributed by atoms with Crippen LogP contribution in [0.25, 0.3) is 21.3 Å². The second-order valence-corrected chi connectivity index (χ2v) is 12.2. The quantitative estimate of drug-likeness (QED) is 0.228. The van der Waals surface area contributed by atoms with E-state index in [-0.39, 0.29) is 17.5 Å². The summed E-state index contributed by atoms with van der Waals surface area (Å²) in [5.41, 5.74) is 1.70. The Morgan fingerprint density at radius 1 is 1.15 bits per heavy atom. The first kappa shape index (κ1) is 27.9. The molecule has 0 aliphatic carbocycles. The smallest absolute Gasteiger partial charge is 0.419 e.